The Kier molecular flexibility index (Phi) is 6.82. The maximum absolute atomic E-state index is 5.86. The maximum atomic E-state index is 5.86. The van der Waals surface area contributed by atoms with E-state index in [9.17, 15) is 0 Å². The van der Waals surface area contributed by atoms with Crippen molar-refractivity contribution in [2.45, 2.75) is 63.4 Å². The van der Waals surface area contributed by atoms with Crippen LogP contribution in [0.25, 0.3) is 0 Å². The molecule has 0 bridgehead atoms. The molecule has 4 nitrogen and oxygen atoms in total. The first-order valence-electron chi connectivity index (χ1n) is 10.8. The third kappa shape index (κ3) is 5.48. The van der Waals surface area contributed by atoms with Crippen LogP contribution in [0.4, 0.5) is 0 Å². The summed E-state index contributed by atoms with van der Waals surface area (Å²) in [6, 6.07) is 12.7. The number of benzene rings is 1. The Morgan fingerprint density at radius 1 is 0.929 bits per heavy atom. The fourth-order valence-corrected chi connectivity index (χ4v) is 4.25. The van der Waals surface area contributed by atoms with Crippen LogP contribution >= 0.6 is 0 Å². The number of rotatable bonds is 9. The fourth-order valence-electron chi connectivity index (χ4n) is 4.25. The Balaban J connectivity index is 1.15. The van der Waals surface area contributed by atoms with Gasteiger partial charge in [-0.1, -0.05) is 25.0 Å². The molecule has 0 N–H and O–H groups in total. The number of nitrogens with zero attached hydrogens (tertiary/aromatic N) is 1. The monoisotopic (exact) mass is 381 g/mol. The van der Waals surface area contributed by atoms with E-state index in [0.717, 1.165) is 37.5 Å². The molecular formula is C24H31NO3. The summed E-state index contributed by atoms with van der Waals surface area (Å²) in [5.41, 5.74) is 2.69. The normalized spacial score (nSPS) is 19.8. The van der Waals surface area contributed by atoms with E-state index in [0.29, 0.717) is 25.2 Å². The van der Waals surface area contributed by atoms with Crippen molar-refractivity contribution >= 4 is 0 Å². The first kappa shape index (κ1) is 19.3. The van der Waals surface area contributed by atoms with Gasteiger partial charge in [0.05, 0.1) is 19.3 Å². The quantitative estimate of drug-likeness (QED) is 0.552. The molecule has 2 aromatic rings. The molecule has 1 saturated carbocycles. The first-order valence-corrected chi connectivity index (χ1v) is 10.8. The van der Waals surface area contributed by atoms with E-state index >= 15 is 0 Å². The molecule has 1 saturated heterocycles. The van der Waals surface area contributed by atoms with Crippen molar-refractivity contribution in [3.05, 3.63) is 53.7 Å². The van der Waals surface area contributed by atoms with E-state index in [1.165, 1.54) is 43.2 Å². The van der Waals surface area contributed by atoms with Crippen LogP contribution in [0.2, 0.25) is 0 Å². The molecule has 4 rings (SSSR count). The van der Waals surface area contributed by atoms with Gasteiger partial charge in [0.15, 0.2) is 0 Å². The molecule has 1 aromatic heterocycles. The highest BCUT2D eigenvalue weighted by Crippen LogP contribution is 2.34. The minimum absolute atomic E-state index is 0.351. The molecule has 0 spiro atoms. The highest BCUT2D eigenvalue weighted by molar-refractivity contribution is 5.29. The highest BCUT2D eigenvalue weighted by Gasteiger charge is 2.17. The standard InChI is InChI=1S/C24H31NO3/c1-2-6-20(5-1)21-8-10-22(11-9-21)26-15-4-16-28-24-18-19(12-13-25-24)17-23-7-3-14-27-23/h8-13,18,20,23H,1-7,14-17H2. The lowest BCUT2D eigenvalue weighted by molar-refractivity contribution is 0.111. The van der Waals surface area contributed by atoms with Crippen LogP contribution in [0, 0.1) is 0 Å². The van der Waals surface area contributed by atoms with Gasteiger partial charge in [-0.2, -0.15) is 0 Å². The largest absolute Gasteiger partial charge is 0.493 e. The third-order valence-corrected chi connectivity index (χ3v) is 5.80. The predicted octanol–water partition coefficient (Wildman–Crippen LogP) is 5.31. The van der Waals surface area contributed by atoms with Gasteiger partial charge in [-0.05, 0) is 67.3 Å². The lowest BCUT2D eigenvalue weighted by atomic mass is 9.98. The van der Waals surface area contributed by atoms with Gasteiger partial charge in [0.2, 0.25) is 5.88 Å². The van der Waals surface area contributed by atoms with Crippen LogP contribution in [0.15, 0.2) is 42.6 Å². The lowest BCUT2D eigenvalue weighted by Crippen LogP contribution is -2.09. The van der Waals surface area contributed by atoms with Crippen LogP contribution in [-0.4, -0.2) is 30.9 Å². The smallest absolute Gasteiger partial charge is 0.213 e. The summed E-state index contributed by atoms with van der Waals surface area (Å²) in [6.07, 6.45) is 11.7. The van der Waals surface area contributed by atoms with Gasteiger partial charge in [-0.15, -0.1) is 0 Å². The van der Waals surface area contributed by atoms with Crippen molar-refractivity contribution in [1.29, 1.82) is 0 Å². The summed E-state index contributed by atoms with van der Waals surface area (Å²) in [5.74, 6) is 2.39. The highest BCUT2D eigenvalue weighted by atomic mass is 16.5. The molecule has 2 fully saturated rings. The predicted molar refractivity (Wildman–Crippen MR) is 110 cm³/mol. The molecule has 1 aromatic carbocycles. The third-order valence-electron chi connectivity index (χ3n) is 5.80. The van der Waals surface area contributed by atoms with Gasteiger partial charge in [0.25, 0.3) is 0 Å². The van der Waals surface area contributed by atoms with Gasteiger partial charge < -0.3 is 14.2 Å². The van der Waals surface area contributed by atoms with Crippen molar-refractivity contribution in [3.8, 4) is 11.6 Å². The maximum Gasteiger partial charge on any atom is 0.213 e. The molecule has 1 unspecified atom stereocenters. The van der Waals surface area contributed by atoms with Gasteiger partial charge in [-0.25, -0.2) is 4.98 Å². The van der Waals surface area contributed by atoms with Crippen LogP contribution < -0.4 is 9.47 Å². The summed E-state index contributed by atoms with van der Waals surface area (Å²) < 4.78 is 17.4. The number of hydrogen-bond acceptors (Lipinski definition) is 4. The van der Waals surface area contributed by atoms with Crippen molar-refractivity contribution < 1.29 is 14.2 Å². The molecule has 1 aliphatic carbocycles. The molecule has 28 heavy (non-hydrogen) atoms. The minimum atomic E-state index is 0.351. The summed E-state index contributed by atoms with van der Waals surface area (Å²) in [4.78, 5) is 4.31. The van der Waals surface area contributed by atoms with Crippen molar-refractivity contribution in [2.75, 3.05) is 19.8 Å². The summed E-state index contributed by atoms with van der Waals surface area (Å²) in [7, 11) is 0. The minimum Gasteiger partial charge on any atom is -0.493 e. The lowest BCUT2D eigenvalue weighted by Gasteiger charge is -2.12. The fraction of sp³-hybridized carbons (Fsp3) is 0.542. The summed E-state index contributed by atoms with van der Waals surface area (Å²) in [5, 5.41) is 0. The Labute approximate surface area is 168 Å². The summed E-state index contributed by atoms with van der Waals surface area (Å²) >= 11 is 0. The molecule has 0 amide bonds. The van der Waals surface area contributed by atoms with Crippen LogP contribution in [0.3, 0.4) is 0 Å². The van der Waals surface area contributed by atoms with E-state index < -0.39 is 0 Å². The van der Waals surface area contributed by atoms with Crippen molar-refractivity contribution in [3.63, 3.8) is 0 Å². The second kappa shape index (κ2) is 9.92. The van der Waals surface area contributed by atoms with E-state index in [2.05, 4.69) is 29.2 Å². The first-order chi connectivity index (χ1) is 13.9. The van der Waals surface area contributed by atoms with Crippen LogP contribution in [-0.2, 0) is 11.2 Å². The average molecular weight is 382 g/mol. The topological polar surface area (TPSA) is 40.6 Å². The van der Waals surface area contributed by atoms with Gasteiger partial charge in [0.1, 0.15) is 5.75 Å². The van der Waals surface area contributed by atoms with Crippen LogP contribution in [0.5, 0.6) is 11.6 Å². The number of hydrogen-bond donors (Lipinski definition) is 0. The van der Waals surface area contributed by atoms with Gasteiger partial charge >= 0.3 is 0 Å². The Bertz CT molecular complexity index is 719. The molecule has 1 atom stereocenters. The molecule has 1 aliphatic heterocycles. The zero-order valence-corrected chi connectivity index (χ0v) is 16.6. The van der Waals surface area contributed by atoms with Gasteiger partial charge in [0, 0.05) is 25.3 Å². The molecule has 0 radical (unpaired) electrons. The average Bonchev–Trinajstić information content (AvgIpc) is 3.43. The molecule has 150 valence electrons. The van der Waals surface area contributed by atoms with E-state index in [-0.39, 0.29) is 0 Å². The van der Waals surface area contributed by atoms with Crippen molar-refractivity contribution in [1.82, 2.24) is 4.98 Å². The van der Waals surface area contributed by atoms with Gasteiger partial charge in [-0.3, -0.25) is 0 Å². The molecule has 4 heteroatoms. The zero-order valence-electron chi connectivity index (χ0n) is 16.6. The number of pyridine rings is 1. The molecule has 2 heterocycles. The van der Waals surface area contributed by atoms with E-state index in [1.807, 2.05) is 18.3 Å². The van der Waals surface area contributed by atoms with E-state index in [1.54, 1.807) is 0 Å². The van der Waals surface area contributed by atoms with Crippen molar-refractivity contribution in [2.24, 2.45) is 0 Å². The molecule has 2 aliphatic rings. The Morgan fingerprint density at radius 3 is 2.54 bits per heavy atom. The van der Waals surface area contributed by atoms with E-state index in [4.69, 9.17) is 14.2 Å². The van der Waals surface area contributed by atoms with Crippen LogP contribution in [0.1, 0.15) is 62.0 Å². The zero-order chi connectivity index (χ0) is 19.0. The second-order valence-corrected chi connectivity index (χ2v) is 7.94. The molecular weight excluding hydrogens is 350 g/mol. The Morgan fingerprint density at radius 2 is 1.75 bits per heavy atom. The SMILES string of the molecule is c1cc(CC2CCCO2)cc(OCCCOc2ccc(C3CCCC3)cc2)n1. The number of aromatic nitrogens is 1. The number of ether oxygens (including phenoxy) is 3. The second-order valence-electron chi connectivity index (χ2n) is 7.94. The summed E-state index contributed by atoms with van der Waals surface area (Å²) in [6.45, 7) is 2.15. The Hall–Kier alpha value is -2.07.